The molecule has 1 aliphatic heterocycles. The fraction of sp³-hybridized carbons (Fsp3) is 0.438. The molecule has 3 rings (SSSR count). The highest BCUT2D eigenvalue weighted by Crippen LogP contribution is 2.24. The number of hydrogen-bond donors (Lipinski definition) is 2. The number of carbonyl (C=O) groups is 1. The number of hydrogen-bond acceptors (Lipinski definition) is 4. The summed E-state index contributed by atoms with van der Waals surface area (Å²) in [4.78, 5) is 15.6. The predicted octanol–water partition coefficient (Wildman–Crippen LogP) is 1.46. The normalized spacial score (nSPS) is 21.1. The fourth-order valence-electron chi connectivity index (χ4n) is 2.83. The van der Waals surface area contributed by atoms with Crippen LogP contribution in [0, 0.1) is 5.92 Å². The number of aromatic nitrogens is 1. The number of H-pyrrole nitrogens is 1. The first kappa shape index (κ1) is 18.2. The molecule has 1 saturated heterocycles. The number of rotatable bonds is 5. The number of amides is 1. The molecule has 9 heteroatoms. The van der Waals surface area contributed by atoms with Crippen LogP contribution in [-0.4, -0.2) is 62.7 Å². The molecule has 0 unspecified atom stereocenters. The van der Waals surface area contributed by atoms with E-state index in [9.17, 15) is 13.2 Å². The topological polar surface area (TPSA) is 91.5 Å². The molecule has 1 aliphatic rings. The second kappa shape index (κ2) is 6.95. The van der Waals surface area contributed by atoms with E-state index in [0.29, 0.717) is 23.9 Å². The van der Waals surface area contributed by atoms with E-state index in [1.54, 1.807) is 18.2 Å². The minimum atomic E-state index is -3.36. The molecular weight excluding hydrogens is 366 g/mol. The molecule has 2 N–H and O–H groups in total. The lowest BCUT2D eigenvalue weighted by Crippen LogP contribution is -2.43. The monoisotopic (exact) mass is 385 g/mol. The third-order valence-corrected chi connectivity index (χ3v) is 6.64. The van der Waals surface area contributed by atoms with Crippen LogP contribution in [0.4, 0.5) is 0 Å². The maximum absolute atomic E-state index is 12.5. The SMILES string of the molecule is CN(C)S(=O)(=O)C[C@@H]1COC[C@@H]1NC(=O)c1cc2c(Cl)cccc2[nH]1. The molecule has 2 heterocycles. The number of benzene rings is 1. The molecule has 2 aromatic rings. The first-order valence-electron chi connectivity index (χ1n) is 7.84. The Morgan fingerprint density at radius 1 is 1.40 bits per heavy atom. The Balaban J connectivity index is 1.74. The summed E-state index contributed by atoms with van der Waals surface area (Å²) in [6.07, 6.45) is 0. The van der Waals surface area contributed by atoms with Crippen molar-refractivity contribution in [1.82, 2.24) is 14.6 Å². The van der Waals surface area contributed by atoms with Gasteiger partial charge in [-0.05, 0) is 18.2 Å². The van der Waals surface area contributed by atoms with Crippen molar-refractivity contribution >= 4 is 38.4 Å². The zero-order chi connectivity index (χ0) is 18.2. The van der Waals surface area contributed by atoms with Gasteiger partial charge < -0.3 is 15.0 Å². The summed E-state index contributed by atoms with van der Waals surface area (Å²) >= 11 is 6.13. The number of sulfonamides is 1. The average Bonchev–Trinajstić information content (AvgIpc) is 3.15. The van der Waals surface area contributed by atoms with Crippen molar-refractivity contribution in [3.05, 3.63) is 35.0 Å². The van der Waals surface area contributed by atoms with Gasteiger partial charge in [0.1, 0.15) is 5.69 Å². The van der Waals surface area contributed by atoms with E-state index in [1.165, 1.54) is 18.4 Å². The lowest BCUT2D eigenvalue weighted by atomic mass is 10.1. The highest BCUT2D eigenvalue weighted by Gasteiger charge is 2.34. The van der Waals surface area contributed by atoms with Crippen LogP contribution < -0.4 is 5.32 Å². The smallest absolute Gasteiger partial charge is 0.268 e. The van der Waals surface area contributed by atoms with Crippen molar-refractivity contribution < 1.29 is 17.9 Å². The summed E-state index contributed by atoms with van der Waals surface area (Å²) in [7, 11) is -0.378. The summed E-state index contributed by atoms with van der Waals surface area (Å²) < 4.78 is 30.7. The molecule has 0 spiro atoms. The van der Waals surface area contributed by atoms with Crippen LogP contribution in [0.1, 0.15) is 10.5 Å². The largest absolute Gasteiger partial charge is 0.379 e. The quantitative estimate of drug-likeness (QED) is 0.815. The average molecular weight is 386 g/mol. The van der Waals surface area contributed by atoms with Gasteiger partial charge in [-0.3, -0.25) is 4.79 Å². The molecular formula is C16H20ClN3O4S. The molecule has 1 amide bonds. The van der Waals surface area contributed by atoms with Crippen molar-refractivity contribution in [1.29, 1.82) is 0 Å². The van der Waals surface area contributed by atoms with Gasteiger partial charge in [-0.15, -0.1) is 0 Å². The molecule has 25 heavy (non-hydrogen) atoms. The lowest BCUT2D eigenvalue weighted by Gasteiger charge is -2.20. The molecule has 1 fully saturated rings. The third kappa shape index (κ3) is 3.82. The molecule has 1 aromatic heterocycles. The van der Waals surface area contributed by atoms with Crippen LogP contribution >= 0.6 is 11.6 Å². The van der Waals surface area contributed by atoms with Gasteiger partial charge in [-0.25, -0.2) is 12.7 Å². The molecule has 0 bridgehead atoms. The van der Waals surface area contributed by atoms with Crippen LogP contribution in [0.15, 0.2) is 24.3 Å². The van der Waals surface area contributed by atoms with Gasteiger partial charge in [0.05, 0.1) is 25.0 Å². The Hall–Kier alpha value is -1.61. The summed E-state index contributed by atoms with van der Waals surface area (Å²) in [5.41, 5.74) is 1.15. The molecule has 2 atom stereocenters. The number of carbonyl (C=O) groups excluding carboxylic acids is 1. The Kier molecular flexibility index (Phi) is 5.06. The van der Waals surface area contributed by atoms with E-state index in [4.69, 9.17) is 16.3 Å². The summed E-state index contributed by atoms with van der Waals surface area (Å²) in [5, 5.41) is 4.20. The van der Waals surface area contributed by atoms with Crippen LogP contribution in [-0.2, 0) is 14.8 Å². The molecule has 7 nitrogen and oxygen atoms in total. The maximum atomic E-state index is 12.5. The van der Waals surface area contributed by atoms with Crippen LogP contribution in [0.2, 0.25) is 5.02 Å². The van der Waals surface area contributed by atoms with E-state index in [-0.39, 0.29) is 23.6 Å². The maximum Gasteiger partial charge on any atom is 0.268 e. The molecule has 0 radical (unpaired) electrons. The fourth-order valence-corrected chi connectivity index (χ4v) is 4.23. The van der Waals surface area contributed by atoms with Crippen molar-refractivity contribution in [2.24, 2.45) is 5.92 Å². The van der Waals surface area contributed by atoms with Crippen molar-refractivity contribution in [2.75, 3.05) is 33.1 Å². The second-order valence-electron chi connectivity index (χ2n) is 6.32. The number of ether oxygens (including phenoxy) is 1. The minimum Gasteiger partial charge on any atom is -0.379 e. The van der Waals surface area contributed by atoms with E-state index in [1.807, 2.05) is 6.07 Å². The Morgan fingerprint density at radius 3 is 2.84 bits per heavy atom. The predicted molar refractivity (Wildman–Crippen MR) is 96.3 cm³/mol. The van der Waals surface area contributed by atoms with E-state index in [2.05, 4.69) is 10.3 Å². The van der Waals surface area contributed by atoms with Gasteiger partial charge in [0.15, 0.2) is 0 Å². The zero-order valence-electron chi connectivity index (χ0n) is 14.0. The summed E-state index contributed by atoms with van der Waals surface area (Å²) in [5.74, 6) is -0.664. The van der Waals surface area contributed by atoms with Gasteiger partial charge in [0, 0.05) is 35.9 Å². The highest BCUT2D eigenvalue weighted by molar-refractivity contribution is 7.89. The van der Waals surface area contributed by atoms with Gasteiger partial charge in [-0.2, -0.15) is 0 Å². The number of halogens is 1. The molecule has 1 aromatic carbocycles. The number of aromatic amines is 1. The zero-order valence-corrected chi connectivity index (χ0v) is 15.5. The summed E-state index contributed by atoms with van der Waals surface area (Å²) in [6, 6.07) is 6.73. The van der Waals surface area contributed by atoms with Crippen LogP contribution in [0.5, 0.6) is 0 Å². The highest BCUT2D eigenvalue weighted by atomic mass is 35.5. The minimum absolute atomic E-state index is 0.0660. The lowest BCUT2D eigenvalue weighted by molar-refractivity contribution is 0.0922. The third-order valence-electron chi connectivity index (χ3n) is 4.35. The van der Waals surface area contributed by atoms with Crippen molar-refractivity contribution in [2.45, 2.75) is 6.04 Å². The Labute approximate surface area is 151 Å². The first-order valence-corrected chi connectivity index (χ1v) is 9.82. The summed E-state index contributed by atoms with van der Waals surface area (Å²) in [6.45, 7) is 0.594. The number of fused-ring (bicyclic) bond motifs is 1. The van der Waals surface area contributed by atoms with Crippen molar-refractivity contribution in [3.8, 4) is 0 Å². The Bertz CT molecular complexity index is 894. The van der Waals surface area contributed by atoms with Crippen LogP contribution in [0.25, 0.3) is 10.9 Å². The number of nitrogens with one attached hydrogen (secondary N) is 2. The van der Waals surface area contributed by atoms with Gasteiger partial charge in [0.2, 0.25) is 10.0 Å². The van der Waals surface area contributed by atoms with Gasteiger partial charge in [0.25, 0.3) is 5.91 Å². The second-order valence-corrected chi connectivity index (χ2v) is 8.96. The van der Waals surface area contributed by atoms with E-state index >= 15 is 0 Å². The molecule has 0 saturated carbocycles. The van der Waals surface area contributed by atoms with E-state index < -0.39 is 10.0 Å². The van der Waals surface area contributed by atoms with Gasteiger partial charge in [-0.1, -0.05) is 17.7 Å². The van der Waals surface area contributed by atoms with E-state index in [0.717, 1.165) is 10.9 Å². The molecule has 0 aliphatic carbocycles. The van der Waals surface area contributed by atoms with Gasteiger partial charge >= 0.3 is 0 Å². The van der Waals surface area contributed by atoms with Crippen molar-refractivity contribution in [3.63, 3.8) is 0 Å². The Morgan fingerprint density at radius 2 is 2.16 bits per heavy atom. The first-order chi connectivity index (χ1) is 11.8. The number of nitrogens with zero attached hydrogens (tertiary/aromatic N) is 1. The van der Waals surface area contributed by atoms with Crippen LogP contribution in [0.3, 0.4) is 0 Å². The standard InChI is InChI=1S/C16H20ClN3O4S/c1-20(2)25(22,23)9-10-7-24-8-15(10)19-16(21)14-6-11-12(17)4-3-5-13(11)18-14/h3-6,10,15,18H,7-9H2,1-2H3,(H,19,21)/t10-,15-/m0/s1. The molecule has 136 valence electrons.